The van der Waals surface area contributed by atoms with Crippen LogP contribution >= 0.6 is 0 Å². The van der Waals surface area contributed by atoms with E-state index in [2.05, 4.69) is 4.98 Å². The van der Waals surface area contributed by atoms with Crippen molar-refractivity contribution in [3.05, 3.63) is 69.5 Å². The summed E-state index contributed by atoms with van der Waals surface area (Å²) in [5.74, 6) is -1.16. The summed E-state index contributed by atoms with van der Waals surface area (Å²) >= 11 is 0. The first kappa shape index (κ1) is 12.0. The number of rotatable bonds is 2. The van der Waals surface area contributed by atoms with Crippen LogP contribution in [0, 0.1) is 10.1 Å². The Bertz CT molecular complexity index is 766. The van der Waals surface area contributed by atoms with Crippen LogP contribution < -0.4 is 5.11 Å². The largest absolute Gasteiger partial charge is 0.871 e. The summed E-state index contributed by atoms with van der Waals surface area (Å²) in [4.78, 5) is 26.6. The van der Waals surface area contributed by atoms with E-state index >= 15 is 0 Å². The minimum absolute atomic E-state index is 0.0600. The Hall–Kier alpha value is -3.02. The Balaban J connectivity index is 2.24. The summed E-state index contributed by atoms with van der Waals surface area (Å²) in [5, 5.41) is 23.2. The number of carbonyl (C=O) groups is 1. The van der Waals surface area contributed by atoms with Gasteiger partial charge in [-0.3, -0.25) is 19.9 Å². The van der Waals surface area contributed by atoms with E-state index in [9.17, 15) is 20.0 Å². The van der Waals surface area contributed by atoms with Crippen LogP contribution in [0.2, 0.25) is 0 Å². The predicted octanol–water partition coefficient (Wildman–Crippen LogP) is 1.41. The van der Waals surface area contributed by atoms with Crippen LogP contribution in [0.4, 0.5) is 5.69 Å². The number of aromatic nitrogens is 1. The summed E-state index contributed by atoms with van der Waals surface area (Å²) in [6.07, 6.45) is 1.46. The molecule has 0 radical (unpaired) electrons. The molecule has 0 unspecified atom stereocenters. The molecule has 0 N–H and O–H groups in total. The fraction of sp³-hybridized carbons (Fsp3) is 0. The van der Waals surface area contributed by atoms with Gasteiger partial charge in [0.2, 0.25) is 5.78 Å². The van der Waals surface area contributed by atoms with E-state index in [0.29, 0.717) is 0 Å². The molecule has 0 fully saturated rings. The molecule has 0 saturated heterocycles. The molecule has 6 heteroatoms. The lowest BCUT2D eigenvalue weighted by molar-refractivity contribution is -0.385. The van der Waals surface area contributed by atoms with Crippen molar-refractivity contribution in [3.8, 4) is 0 Å². The first-order valence-corrected chi connectivity index (χ1v) is 5.76. The third-order valence-corrected chi connectivity index (χ3v) is 3.09. The maximum atomic E-state index is 12.3. The maximum Gasteiger partial charge on any atom is 0.281 e. The van der Waals surface area contributed by atoms with E-state index in [4.69, 9.17) is 0 Å². The van der Waals surface area contributed by atoms with Gasteiger partial charge in [0, 0.05) is 17.8 Å². The van der Waals surface area contributed by atoms with E-state index < -0.39 is 16.5 Å². The number of hydrogen-bond acceptors (Lipinski definition) is 5. The number of hydrogen-bond donors (Lipinski definition) is 0. The van der Waals surface area contributed by atoms with Gasteiger partial charge in [0.15, 0.2) is 0 Å². The third kappa shape index (κ3) is 1.58. The molecule has 0 spiro atoms. The summed E-state index contributed by atoms with van der Waals surface area (Å²) in [6, 6.07) is 8.85. The van der Waals surface area contributed by atoms with Gasteiger partial charge in [0.25, 0.3) is 5.69 Å². The van der Waals surface area contributed by atoms with Crippen LogP contribution in [0.3, 0.4) is 0 Å². The van der Waals surface area contributed by atoms with Crippen molar-refractivity contribution in [2.45, 2.75) is 0 Å². The summed E-state index contributed by atoms with van der Waals surface area (Å²) in [6.45, 7) is 0. The third-order valence-electron chi connectivity index (χ3n) is 3.09. The lowest BCUT2D eigenvalue weighted by Crippen LogP contribution is -2.05. The zero-order chi connectivity index (χ0) is 14.3. The highest BCUT2D eigenvalue weighted by Crippen LogP contribution is 2.38. The first-order valence-electron chi connectivity index (χ1n) is 5.76. The van der Waals surface area contributed by atoms with Gasteiger partial charge in [-0.2, -0.15) is 0 Å². The zero-order valence-electron chi connectivity index (χ0n) is 10.1. The van der Waals surface area contributed by atoms with Gasteiger partial charge in [-0.1, -0.05) is 24.0 Å². The van der Waals surface area contributed by atoms with Crippen molar-refractivity contribution in [2.24, 2.45) is 0 Å². The van der Waals surface area contributed by atoms with Crippen LogP contribution in [0.25, 0.3) is 11.3 Å². The predicted molar refractivity (Wildman–Crippen MR) is 68.5 cm³/mol. The van der Waals surface area contributed by atoms with Gasteiger partial charge < -0.3 is 5.11 Å². The van der Waals surface area contributed by atoms with Crippen molar-refractivity contribution in [1.29, 1.82) is 0 Å². The molecule has 1 aliphatic rings. The lowest BCUT2D eigenvalue weighted by Gasteiger charge is -2.10. The van der Waals surface area contributed by atoms with Crippen LogP contribution in [-0.4, -0.2) is 15.7 Å². The maximum absolute atomic E-state index is 12.3. The number of Topliss-reactive ketones (excluding diaryl/α,β-unsaturated/α-hetero) is 1. The highest BCUT2D eigenvalue weighted by atomic mass is 16.6. The van der Waals surface area contributed by atoms with Crippen LogP contribution in [0.5, 0.6) is 0 Å². The van der Waals surface area contributed by atoms with Crippen molar-refractivity contribution in [3.63, 3.8) is 0 Å². The Kier molecular flexibility index (Phi) is 2.57. The van der Waals surface area contributed by atoms with E-state index in [1.54, 1.807) is 12.1 Å². The molecule has 3 rings (SSSR count). The molecular weight excluding hydrogens is 260 g/mol. The Morgan fingerprint density at radius 2 is 1.90 bits per heavy atom. The molecule has 20 heavy (non-hydrogen) atoms. The fourth-order valence-corrected chi connectivity index (χ4v) is 2.23. The Labute approximate surface area is 113 Å². The smallest absolute Gasteiger partial charge is 0.281 e. The second kappa shape index (κ2) is 4.27. The van der Waals surface area contributed by atoms with Gasteiger partial charge in [0.1, 0.15) is 5.56 Å². The Morgan fingerprint density at radius 3 is 2.55 bits per heavy atom. The molecule has 0 saturated carbocycles. The second-order valence-electron chi connectivity index (χ2n) is 4.21. The molecule has 98 valence electrons. The molecule has 2 aromatic rings. The van der Waals surface area contributed by atoms with Gasteiger partial charge in [0.05, 0.1) is 10.6 Å². The van der Waals surface area contributed by atoms with E-state index in [0.717, 1.165) is 0 Å². The highest BCUT2D eigenvalue weighted by molar-refractivity contribution is 6.39. The number of allylic oxidation sites excluding steroid dienone is 1. The monoisotopic (exact) mass is 267 g/mol. The summed E-state index contributed by atoms with van der Waals surface area (Å²) in [5.41, 5.74) is -0.331. The van der Waals surface area contributed by atoms with Gasteiger partial charge >= 0.3 is 0 Å². The van der Waals surface area contributed by atoms with Crippen LogP contribution in [-0.2, 0) is 0 Å². The first-order chi connectivity index (χ1) is 9.61. The number of nitro benzene ring substituents is 1. The molecule has 1 aromatic heterocycles. The molecule has 0 aliphatic heterocycles. The van der Waals surface area contributed by atoms with E-state index in [1.165, 1.54) is 30.5 Å². The molecule has 1 aliphatic carbocycles. The second-order valence-corrected chi connectivity index (χ2v) is 4.21. The van der Waals surface area contributed by atoms with Crippen molar-refractivity contribution >= 4 is 22.8 Å². The van der Waals surface area contributed by atoms with E-state index in [1.807, 2.05) is 0 Å². The topological polar surface area (TPSA) is 96.2 Å². The van der Waals surface area contributed by atoms with E-state index in [-0.39, 0.29) is 28.1 Å². The van der Waals surface area contributed by atoms with Crippen molar-refractivity contribution in [1.82, 2.24) is 4.98 Å². The Morgan fingerprint density at radius 1 is 1.10 bits per heavy atom. The summed E-state index contributed by atoms with van der Waals surface area (Å²) < 4.78 is 0. The molecule has 1 heterocycles. The van der Waals surface area contributed by atoms with Gasteiger partial charge in [-0.25, -0.2) is 0 Å². The number of carbonyl (C=O) groups excluding carboxylic acids is 1. The van der Waals surface area contributed by atoms with Crippen molar-refractivity contribution < 1.29 is 14.8 Å². The van der Waals surface area contributed by atoms with Crippen molar-refractivity contribution in [2.75, 3.05) is 0 Å². The number of pyridine rings is 1. The van der Waals surface area contributed by atoms with Crippen LogP contribution in [0.15, 0.2) is 42.6 Å². The standard InChI is InChI=1S/C14H8N2O4/c17-13-8-4-3-6-10(16(19)20)11(8)14(18)12(13)9-5-1-2-7-15-9/h1-7,17H/p-1. The quantitative estimate of drug-likeness (QED) is 0.605. The zero-order valence-corrected chi connectivity index (χ0v) is 10.1. The molecule has 1 aromatic carbocycles. The molecule has 0 atom stereocenters. The highest BCUT2D eigenvalue weighted by Gasteiger charge is 2.33. The number of nitrogens with zero attached hydrogens (tertiary/aromatic N) is 2. The lowest BCUT2D eigenvalue weighted by atomic mass is 10.0. The van der Waals surface area contributed by atoms with Crippen LogP contribution in [0.1, 0.15) is 21.6 Å². The summed E-state index contributed by atoms with van der Waals surface area (Å²) in [7, 11) is 0. The normalized spacial score (nSPS) is 13.5. The molecule has 6 nitrogen and oxygen atoms in total. The molecular formula is C14H7N2O4-. The SMILES string of the molecule is O=C1C(c2ccccn2)=C([O-])c2cccc([N+](=O)[O-])c21. The average molecular weight is 267 g/mol. The molecule has 0 bridgehead atoms. The number of fused-ring (bicyclic) bond motifs is 1. The minimum atomic E-state index is -0.661. The van der Waals surface area contributed by atoms with Gasteiger partial charge in [-0.05, 0) is 17.7 Å². The molecule has 0 amide bonds. The fourth-order valence-electron chi connectivity index (χ4n) is 2.23. The number of benzene rings is 1. The minimum Gasteiger partial charge on any atom is -0.871 e. The number of nitro groups is 1. The average Bonchev–Trinajstić information content (AvgIpc) is 2.72. The van der Waals surface area contributed by atoms with Gasteiger partial charge in [-0.15, -0.1) is 0 Å². The number of ketones is 1.